The second-order valence-corrected chi connectivity index (χ2v) is 5.97. The van der Waals surface area contributed by atoms with E-state index in [1.807, 2.05) is 20.8 Å². The van der Waals surface area contributed by atoms with Crippen LogP contribution in [0, 0.1) is 11.2 Å². The van der Waals surface area contributed by atoms with E-state index in [1.54, 1.807) is 0 Å². The standard InChI is InChI=1S/C15H20FNO3/c1-15(2,3)9-8-12(14(19)20)17-13(18)10-4-6-11(16)7-5-10/h4-7,12H,8-9H2,1-3H3,(H,17,18)(H,19,20). The van der Waals surface area contributed by atoms with Gasteiger partial charge < -0.3 is 10.4 Å². The van der Waals surface area contributed by atoms with Gasteiger partial charge in [-0.05, 0) is 42.5 Å². The Morgan fingerprint density at radius 2 is 1.80 bits per heavy atom. The molecule has 5 heteroatoms. The van der Waals surface area contributed by atoms with Gasteiger partial charge >= 0.3 is 5.97 Å². The largest absolute Gasteiger partial charge is 0.480 e. The number of hydrogen-bond donors (Lipinski definition) is 2. The number of rotatable bonds is 5. The van der Waals surface area contributed by atoms with E-state index >= 15 is 0 Å². The molecule has 4 nitrogen and oxygen atoms in total. The summed E-state index contributed by atoms with van der Waals surface area (Å²) in [7, 11) is 0. The van der Waals surface area contributed by atoms with Gasteiger partial charge in [-0.3, -0.25) is 4.79 Å². The van der Waals surface area contributed by atoms with Crippen LogP contribution in [0.1, 0.15) is 44.0 Å². The van der Waals surface area contributed by atoms with Gasteiger partial charge in [0.15, 0.2) is 0 Å². The number of benzene rings is 1. The summed E-state index contributed by atoms with van der Waals surface area (Å²) in [6.45, 7) is 6.02. The van der Waals surface area contributed by atoms with Crippen LogP contribution in [0.2, 0.25) is 0 Å². The third kappa shape index (κ3) is 5.38. The predicted molar refractivity (Wildman–Crippen MR) is 74.0 cm³/mol. The van der Waals surface area contributed by atoms with Crippen molar-refractivity contribution in [1.29, 1.82) is 0 Å². The topological polar surface area (TPSA) is 66.4 Å². The van der Waals surface area contributed by atoms with Crippen LogP contribution >= 0.6 is 0 Å². The van der Waals surface area contributed by atoms with Crippen molar-refractivity contribution in [3.8, 4) is 0 Å². The highest BCUT2D eigenvalue weighted by Crippen LogP contribution is 2.21. The quantitative estimate of drug-likeness (QED) is 0.872. The van der Waals surface area contributed by atoms with E-state index in [1.165, 1.54) is 24.3 Å². The Hall–Kier alpha value is -1.91. The summed E-state index contributed by atoms with van der Waals surface area (Å²) in [6.07, 6.45) is 1.03. The molecule has 20 heavy (non-hydrogen) atoms. The van der Waals surface area contributed by atoms with Gasteiger partial charge in [-0.15, -0.1) is 0 Å². The monoisotopic (exact) mass is 281 g/mol. The first-order valence-electron chi connectivity index (χ1n) is 6.48. The van der Waals surface area contributed by atoms with Crippen LogP contribution in [-0.4, -0.2) is 23.0 Å². The number of carboxylic acid groups (broad SMARTS) is 1. The summed E-state index contributed by atoms with van der Waals surface area (Å²) in [5.74, 6) is -2.01. The molecule has 0 bridgehead atoms. The summed E-state index contributed by atoms with van der Waals surface area (Å²) in [4.78, 5) is 23.1. The Bertz CT molecular complexity index is 477. The number of amides is 1. The molecule has 0 fully saturated rings. The summed E-state index contributed by atoms with van der Waals surface area (Å²) < 4.78 is 12.8. The van der Waals surface area contributed by atoms with Crippen LogP contribution in [0.3, 0.4) is 0 Å². The summed E-state index contributed by atoms with van der Waals surface area (Å²) in [5, 5.41) is 11.6. The van der Waals surface area contributed by atoms with Gasteiger partial charge in [0, 0.05) is 5.56 Å². The van der Waals surface area contributed by atoms with E-state index in [9.17, 15) is 14.0 Å². The van der Waals surface area contributed by atoms with Gasteiger partial charge in [-0.2, -0.15) is 0 Å². The lowest BCUT2D eigenvalue weighted by molar-refractivity contribution is -0.139. The molecule has 0 saturated carbocycles. The predicted octanol–water partition coefficient (Wildman–Crippen LogP) is 2.84. The average molecular weight is 281 g/mol. The minimum atomic E-state index is -1.07. The van der Waals surface area contributed by atoms with Crippen LogP contribution in [-0.2, 0) is 4.79 Å². The molecule has 0 spiro atoms. The van der Waals surface area contributed by atoms with Crippen molar-refractivity contribution in [1.82, 2.24) is 5.32 Å². The molecule has 0 aromatic heterocycles. The van der Waals surface area contributed by atoms with Crippen molar-refractivity contribution in [3.05, 3.63) is 35.6 Å². The molecule has 2 N–H and O–H groups in total. The number of hydrogen-bond acceptors (Lipinski definition) is 2. The van der Waals surface area contributed by atoms with Gasteiger partial charge in [-0.1, -0.05) is 20.8 Å². The summed E-state index contributed by atoms with van der Waals surface area (Å²) in [5.41, 5.74) is 0.238. The van der Waals surface area contributed by atoms with Crippen LogP contribution in [0.25, 0.3) is 0 Å². The molecule has 1 unspecified atom stereocenters. The fourth-order valence-corrected chi connectivity index (χ4v) is 1.68. The molecule has 0 aliphatic rings. The Morgan fingerprint density at radius 1 is 1.25 bits per heavy atom. The van der Waals surface area contributed by atoms with Gasteiger partial charge in [-0.25, -0.2) is 9.18 Å². The summed E-state index contributed by atoms with van der Waals surface area (Å²) >= 11 is 0. The molecule has 0 heterocycles. The maximum absolute atomic E-state index is 12.8. The molecular formula is C15H20FNO3. The highest BCUT2D eigenvalue weighted by atomic mass is 19.1. The Labute approximate surface area is 118 Å². The second kappa shape index (κ2) is 6.50. The first kappa shape index (κ1) is 16.1. The smallest absolute Gasteiger partial charge is 0.326 e. The molecule has 0 radical (unpaired) electrons. The molecule has 1 aromatic carbocycles. The van der Waals surface area contributed by atoms with E-state index in [0.29, 0.717) is 12.8 Å². The van der Waals surface area contributed by atoms with Crippen molar-refractivity contribution in [2.45, 2.75) is 39.7 Å². The Morgan fingerprint density at radius 3 is 2.25 bits per heavy atom. The van der Waals surface area contributed by atoms with Gasteiger partial charge in [0.25, 0.3) is 5.91 Å². The zero-order chi connectivity index (χ0) is 15.3. The fraction of sp³-hybridized carbons (Fsp3) is 0.467. The van der Waals surface area contributed by atoms with Crippen LogP contribution in [0.4, 0.5) is 4.39 Å². The zero-order valence-electron chi connectivity index (χ0n) is 11.9. The van der Waals surface area contributed by atoms with Crippen molar-refractivity contribution < 1.29 is 19.1 Å². The lowest BCUT2D eigenvalue weighted by Gasteiger charge is -2.21. The number of carboxylic acids is 1. The van der Waals surface area contributed by atoms with Gasteiger partial charge in [0.05, 0.1) is 0 Å². The molecule has 1 amide bonds. The lowest BCUT2D eigenvalue weighted by Crippen LogP contribution is -2.41. The molecule has 0 aliphatic carbocycles. The highest BCUT2D eigenvalue weighted by Gasteiger charge is 2.23. The van der Waals surface area contributed by atoms with Crippen molar-refractivity contribution in [3.63, 3.8) is 0 Å². The maximum atomic E-state index is 12.8. The van der Waals surface area contributed by atoms with Crippen LogP contribution in [0.5, 0.6) is 0 Å². The zero-order valence-corrected chi connectivity index (χ0v) is 11.9. The third-order valence-corrected chi connectivity index (χ3v) is 2.89. The SMILES string of the molecule is CC(C)(C)CCC(NC(=O)c1ccc(F)cc1)C(=O)O. The molecular weight excluding hydrogens is 261 g/mol. The Kier molecular flexibility index (Phi) is 5.25. The minimum Gasteiger partial charge on any atom is -0.480 e. The molecule has 0 aliphatic heterocycles. The van der Waals surface area contributed by atoms with E-state index in [4.69, 9.17) is 5.11 Å². The van der Waals surface area contributed by atoms with Crippen LogP contribution in [0.15, 0.2) is 24.3 Å². The first-order valence-corrected chi connectivity index (χ1v) is 6.48. The van der Waals surface area contributed by atoms with Crippen molar-refractivity contribution >= 4 is 11.9 Å². The van der Waals surface area contributed by atoms with E-state index < -0.39 is 23.7 Å². The third-order valence-electron chi connectivity index (χ3n) is 2.89. The molecule has 1 atom stereocenters. The molecule has 1 rings (SSSR count). The van der Waals surface area contributed by atoms with Crippen LogP contribution < -0.4 is 5.32 Å². The normalized spacial score (nSPS) is 12.8. The maximum Gasteiger partial charge on any atom is 0.326 e. The van der Waals surface area contributed by atoms with Crippen molar-refractivity contribution in [2.24, 2.45) is 5.41 Å². The van der Waals surface area contributed by atoms with E-state index in [0.717, 1.165) is 0 Å². The number of carbonyl (C=O) groups is 2. The minimum absolute atomic E-state index is 0.00565. The Balaban J connectivity index is 2.68. The van der Waals surface area contributed by atoms with Gasteiger partial charge in [0.2, 0.25) is 0 Å². The highest BCUT2D eigenvalue weighted by molar-refractivity contribution is 5.96. The number of halogens is 1. The number of nitrogens with one attached hydrogen (secondary N) is 1. The average Bonchev–Trinajstić information content (AvgIpc) is 2.33. The lowest BCUT2D eigenvalue weighted by atomic mass is 9.88. The number of aliphatic carboxylic acids is 1. The molecule has 1 aromatic rings. The van der Waals surface area contributed by atoms with Crippen molar-refractivity contribution in [2.75, 3.05) is 0 Å². The molecule has 110 valence electrons. The van der Waals surface area contributed by atoms with E-state index in [2.05, 4.69) is 5.32 Å². The first-order chi connectivity index (χ1) is 9.19. The number of carbonyl (C=O) groups excluding carboxylic acids is 1. The van der Waals surface area contributed by atoms with E-state index in [-0.39, 0.29) is 11.0 Å². The second-order valence-electron chi connectivity index (χ2n) is 5.97. The molecule has 0 saturated heterocycles. The van der Waals surface area contributed by atoms with Gasteiger partial charge in [0.1, 0.15) is 11.9 Å². The fourth-order valence-electron chi connectivity index (χ4n) is 1.68. The summed E-state index contributed by atoms with van der Waals surface area (Å²) in [6, 6.07) is 4.05.